The van der Waals surface area contributed by atoms with Crippen molar-refractivity contribution in [2.24, 2.45) is 4.99 Å². The minimum atomic E-state index is -0.485. The van der Waals surface area contributed by atoms with Crippen molar-refractivity contribution < 1.29 is 19.0 Å². The van der Waals surface area contributed by atoms with Crippen LogP contribution in [0.15, 0.2) is 41.4 Å². The van der Waals surface area contributed by atoms with Crippen molar-refractivity contribution in [3.8, 4) is 11.5 Å². The van der Waals surface area contributed by atoms with Crippen LogP contribution in [0.3, 0.4) is 0 Å². The van der Waals surface area contributed by atoms with Crippen LogP contribution in [-0.2, 0) is 24.2 Å². The van der Waals surface area contributed by atoms with Gasteiger partial charge in [0.05, 0.1) is 21.3 Å². The van der Waals surface area contributed by atoms with Crippen LogP contribution in [0.25, 0.3) is 0 Å². The van der Waals surface area contributed by atoms with Gasteiger partial charge >= 0.3 is 6.09 Å². The summed E-state index contributed by atoms with van der Waals surface area (Å²) in [6, 6.07) is 11.7. The first kappa shape index (κ1) is 21.3. The molecule has 0 unspecified atom stereocenters. The van der Waals surface area contributed by atoms with Crippen molar-refractivity contribution in [2.75, 3.05) is 40.2 Å². The average Bonchev–Trinajstić information content (AvgIpc) is 2.79. The Morgan fingerprint density at radius 1 is 1.07 bits per heavy atom. The minimum Gasteiger partial charge on any atom is -0.493 e. The van der Waals surface area contributed by atoms with Gasteiger partial charge in [-0.05, 0) is 47.4 Å². The Hall–Kier alpha value is -3.42. The van der Waals surface area contributed by atoms with Crippen molar-refractivity contribution in [3.63, 3.8) is 0 Å². The van der Waals surface area contributed by atoms with E-state index in [1.54, 1.807) is 21.3 Å². The van der Waals surface area contributed by atoms with E-state index in [1.807, 2.05) is 30.3 Å². The van der Waals surface area contributed by atoms with Gasteiger partial charge in [0.2, 0.25) is 0 Å². The van der Waals surface area contributed by atoms with Gasteiger partial charge in [0.25, 0.3) is 0 Å². The number of nitrogens with zero attached hydrogens (tertiary/aromatic N) is 2. The van der Waals surface area contributed by atoms with Crippen molar-refractivity contribution in [2.45, 2.75) is 19.5 Å². The number of benzene rings is 2. The Balaban J connectivity index is 1.63. The molecule has 1 aliphatic heterocycles. The lowest BCUT2D eigenvalue weighted by Gasteiger charge is -2.32. The van der Waals surface area contributed by atoms with Gasteiger partial charge < -0.3 is 24.4 Å². The van der Waals surface area contributed by atoms with Crippen LogP contribution >= 0.6 is 0 Å². The van der Waals surface area contributed by atoms with Crippen LogP contribution in [0.5, 0.6) is 11.5 Å². The zero-order valence-corrected chi connectivity index (χ0v) is 17.8. The standard InChI is InChI=1S/C22H28N4O4/c1-23-21(24-13-15-5-7-18(8-6-15)25-22(27)30-4)26-10-9-16-11-19(28-2)20(29-3)12-17(16)14-26/h5-8,11-12H,9-10,13-14H2,1-4H3,(H,23,24)(H,25,27). The third-order valence-electron chi connectivity index (χ3n) is 5.07. The summed E-state index contributed by atoms with van der Waals surface area (Å²) >= 11 is 0. The van der Waals surface area contributed by atoms with Crippen LogP contribution in [0.2, 0.25) is 0 Å². The fraction of sp³-hybridized carbons (Fsp3) is 0.364. The summed E-state index contributed by atoms with van der Waals surface area (Å²) in [6.07, 6.45) is 0.422. The van der Waals surface area contributed by atoms with Gasteiger partial charge in [-0.2, -0.15) is 0 Å². The van der Waals surface area contributed by atoms with Crippen LogP contribution in [0, 0.1) is 0 Å². The molecule has 0 saturated carbocycles. The molecule has 0 radical (unpaired) electrons. The fourth-order valence-corrected chi connectivity index (χ4v) is 3.45. The molecular formula is C22H28N4O4. The predicted octanol–water partition coefficient (Wildman–Crippen LogP) is 3.02. The van der Waals surface area contributed by atoms with Gasteiger partial charge in [0.1, 0.15) is 0 Å². The Bertz CT molecular complexity index is 912. The summed E-state index contributed by atoms with van der Waals surface area (Å²) in [6.45, 7) is 2.24. The lowest BCUT2D eigenvalue weighted by molar-refractivity contribution is 0.187. The van der Waals surface area contributed by atoms with E-state index in [0.29, 0.717) is 12.2 Å². The van der Waals surface area contributed by atoms with E-state index in [-0.39, 0.29) is 0 Å². The number of carbonyl (C=O) groups is 1. The molecule has 30 heavy (non-hydrogen) atoms. The average molecular weight is 412 g/mol. The van der Waals surface area contributed by atoms with Crippen molar-refractivity contribution in [1.29, 1.82) is 0 Å². The first-order valence-electron chi connectivity index (χ1n) is 9.71. The van der Waals surface area contributed by atoms with E-state index in [2.05, 4.69) is 31.3 Å². The largest absolute Gasteiger partial charge is 0.493 e. The molecule has 0 aliphatic carbocycles. The highest BCUT2D eigenvalue weighted by Gasteiger charge is 2.21. The molecular weight excluding hydrogens is 384 g/mol. The highest BCUT2D eigenvalue weighted by molar-refractivity contribution is 5.84. The normalized spacial score (nSPS) is 13.3. The summed E-state index contributed by atoms with van der Waals surface area (Å²) < 4.78 is 15.5. The molecule has 2 aromatic carbocycles. The van der Waals surface area contributed by atoms with Crippen LogP contribution < -0.4 is 20.1 Å². The molecule has 0 bridgehead atoms. The van der Waals surface area contributed by atoms with E-state index in [4.69, 9.17) is 9.47 Å². The zero-order valence-electron chi connectivity index (χ0n) is 17.8. The molecule has 1 heterocycles. The van der Waals surface area contributed by atoms with E-state index in [0.717, 1.165) is 42.5 Å². The molecule has 0 fully saturated rings. The maximum atomic E-state index is 11.3. The third-order valence-corrected chi connectivity index (χ3v) is 5.07. The van der Waals surface area contributed by atoms with Gasteiger partial charge in [-0.3, -0.25) is 10.3 Å². The SMILES string of the molecule is CN=C(NCc1ccc(NC(=O)OC)cc1)N1CCc2cc(OC)c(OC)cc2C1. The number of hydrogen-bond donors (Lipinski definition) is 2. The molecule has 2 N–H and O–H groups in total. The second-order valence-corrected chi connectivity index (χ2v) is 6.86. The Morgan fingerprint density at radius 3 is 2.33 bits per heavy atom. The van der Waals surface area contributed by atoms with Crippen LogP contribution in [-0.4, -0.2) is 51.9 Å². The molecule has 1 amide bonds. The second-order valence-electron chi connectivity index (χ2n) is 6.86. The Morgan fingerprint density at radius 2 is 1.73 bits per heavy atom. The number of anilines is 1. The van der Waals surface area contributed by atoms with Crippen molar-refractivity contribution >= 4 is 17.7 Å². The minimum absolute atomic E-state index is 0.485. The highest BCUT2D eigenvalue weighted by atomic mass is 16.5. The molecule has 0 spiro atoms. The molecule has 160 valence electrons. The summed E-state index contributed by atoms with van der Waals surface area (Å²) in [5.41, 5.74) is 4.25. The van der Waals surface area contributed by atoms with Gasteiger partial charge in [0, 0.05) is 32.4 Å². The number of hydrogen-bond acceptors (Lipinski definition) is 5. The highest BCUT2D eigenvalue weighted by Crippen LogP contribution is 2.33. The van der Waals surface area contributed by atoms with E-state index in [9.17, 15) is 4.79 Å². The first-order valence-corrected chi connectivity index (χ1v) is 9.71. The van der Waals surface area contributed by atoms with E-state index < -0.39 is 6.09 Å². The number of aliphatic imine (C=N–C) groups is 1. The summed E-state index contributed by atoms with van der Waals surface area (Å²) in [7, 11) is 6.43. The van der Waals surface area contributed by atoms with E-state index >= 15 is 0 Å². The zero-order chi connectivity index (χ0) is 21.5. The number of amides is 1. The lowest BCUT2D eigenvalue weighted by Crippen LogP contribution is -2.43. The summed E-state index contributed by atoms with van der Waals surface area (Å²) in [5, 5.41) is 6.06. The maximum Gasteiger partial charge on any atom is 0.411 e. The maximum absolute atomic E-state index is 11.3. The van der Waals surface area contributed by atoms with Crippen molar-refractivity contribution in [1.82, 2.24) is 10.2 Å². The fourth-order valence-electron chi connectivity index (χ4n) is 3.45. The Kier molecular flexibility index (Phi) is 7.00. The van der Waals surface area contributed by atoms with Gasteiger partial charge in [-0.15, -0.1) is 0 Å². The monoisotopic (exact) mass is 412 g/mol. The van der Waals surface area contributed by atoms with Crippen molar-refractivity contribution in [3.05, 3.63) is 53.1 Å². The number of nitrogens with one attached hydrogen (secondary N) is 2. The summed E-state index contributed by atoms with van der Waals surface area (Å²) in [4.78, 5) is 17.9. The molecule has 8 heteroatoms. The molecule has 2 aromatic rings. The van der Waals surface area contributed by atoms with Crippen LogP contribution in [0.1, 0.15) is 16.7 Å². The topological polar surface area (TPSA) is 84.4 Å². The van der Waals surface area contributed by atoms with Gasteiger partial charge in [-0.25, -0.2) is 4.79 Å². The number of carbonyl (C=O) groups excluding carboxylic acids is 1. The quantitative estimate of drug-likeness (QED) is 0.580. The molecule has 0 atom stereocenters. The summed E-state index contributed by atoms with van der Waals surface area (Å²) in [5.74, 6) is 2.34. The first-order chi connectivity index (χ1) is 14.6. The lowest BCUT2D eigenvalue weighted by atomic mass is 9.99. The number of ether oxygens (including phenoxy) is 3. The smallest absolute Gasteiger partial charge is 0.411 e. The number of methoxy groups -OCH3 is 3. The van der Waals surface area contributed by atoms with Crippen LogP contribution in [0.4, 0.5) is 10.5 Å². The Labute approximate surface area is 176 Å². The number of fused-ring (bicyclic) bond motifs is 1. The molecule has 1 aliphatic rings. The second kappa shape index (κ2) is 9.87. The predicted molar refractivity (Wildman–Crippen MR) is 116 cm³/mol. The molecule has 0 aromatic heterocycles. The molecule has 3 rings (SSSR count). The number of rotatable bonds is 5. The van der Waals surface area contributed by atoms with Gasteiger partial charge in [0.15, 0.2) is 17.5 Å². The van der Waals surface area contributed by atoms with E-state index in [1.165, 1.54) is 18.2 Å². The third kappa shape index (κ3) is 4.94. The number of guanidine groups is 1. The van der Waals surface area contributed by atoms with Gasteiger partial charge in [-0.1, -0.05) is 12.1 Å². The molecule has 8 nitrogen and oxygen atoms in total. The molecule has 0 saturated heterocycles.